The van der Waals surface area contributed by atoms with E-state index >= 15 is 0 Å². The van der Waals surface area contributed by atoms with Gasteiger partial charge in [0.2, 0.25) is 0 Å². The summed E-state index contributed by atoms with van der Waals surface area (Å²) in [5.41, 5.74) is 4.86. The summed E-state index contributed by atoms with van der Waals surface area (Å²) in [4.78, 5) is 12.3. The summed E-state index contributed by atoms with van der Waals surface area (Å²) in [7, 11) is 0. The number of fused-ring (bicyclic) bond motifs is 1. The molecule has 0 aliphatic heterocycles. The number of halogens is 1. The van der Waals surface area contributed by atoms with E-state index in [0.717, 1.165) is 33.2 Å². The molecule has 1 heterocycles. The van der Waals surface area contributed by atoms with Gasteiger partial charge in [0.1, 0.15) is 11.5 Å². The molecule has 0 radical (unpaired) electrons. The highest BCUT2D eigenvalue weighted by atomic mass is 19.1. The maximum Gasteiger partial charge on any atom is 0.352 e. The molecular formula is C25H23FN2O2. The first-order valence-corrected chi connectivity index (χ1v) is 9.87. The monoisotopic (exact) mass is 402 g/mol. The molecule has 0 atom stereocenters. The van der Waals surface area contributed by atoms with E-state index in [-0.39, 0.29) is 11.5 Å². The quantitative estimate of drug-likeness (QED) is 0.451. The second kappa shape index (κ2) is 8.51. The second-order valence-corrected chi connectivity index (χ2v) is 7.46. The van der Waals surface area contributed by atoms with E-state index in [1.165, 1.54) is 12.1 Å². The van der Waals surface area contributed by atoms with Gasteiger partial charge in [-0.25, -0.2) is 9.18 Å². The van der Waals surface area contributed by atoms with Crippen LogP contribution in [-0.4, -0.2) is 15.6 Å². The summed E-state index contributed by atoms with van der Waals surface area (Å²) in [6.07, 6.45) is 0. The van der Waals surface area contributed by atoms with Crippen molar-refractivity contribution in [3.8, 4) is 0 Å². The minimum absolute atomic E-state index is 0.282. The molecule has 0 aliphatic carbocycles. The van der Waals surface area contributed by atoms with Crippen molar-refractivity contribution in [1.82, 2.24) is 9.88 Å². The molecule has 4 aromatic rings. The number of carboxylic acids is 1. The normalized spacial score (nSPS) is 11.1. The highest BCUT2D eigenvalue weighted by Crippen LogP contribution is 2.28. The Morgan fingerprint density at radius 2 is 1.73 bits per heavy atom. The molecule has 152 valence electrons. The number of rotatable bonds is 7. The Kier molecular flexibility index (Phi) is 5.63. The molecular weight excluding hydrogens is 379 g/mol. The van der Waals surface area contributed by atoms with Gasteiger partial charge in [0, 0.05) is 36.1 Å². The van der Waals surface area contributed by atoms with E-state index in [4.69, 9.17) is 0 Å². The Morgan fingerprint density at radius 3 is 2.47 bits per heavy atom. The third kappa shape index (κ3) is 4.11. The Morgan fingerprint density at radius 1 is 0.967 bits per heavy atom. The first kappa shape index (κ1) is 19.9. The molecule has 0 saturated heterocycles. The maximum atomic E-state index is 13.4. The lowest BCUT2D eigenvalue weighted by Crippen LogP contribution is -2.17. The highest BCUT2D eigenvalue weighted by molar-refractivity contribution is 5.98. The molecule has 0 fully saturated rings. The molecule has 4 rings (SSSR count). The number of benzene rings is 3. The molecule has 2 N–H and O–H groups in total. The van der Waals surface area contributed by atoms with Crippen LogP contribution in [0.3, 0.4) is 0 Å². The standard InChI is InChI=1S/C25H23FN2O2/c1-17-10-11-21-22(15-27-14-19-8-5-9-20(26)13-19)24(25(29)30)28(23(21)12-17)16-18-6-3-2-4-7-18/h2-13,27H,14-16H2,1H3,(H,29,30). The summed E-state index contributed by atoms with van der Waals surface area (Å²) in [5.74, 6) is -1.24. The molecule has 30 heavy (non-hydrogen) atoms. The van der Waals surface area contributed by atoms with Crippen molar-refractivity contribution in [2.24, 2.45) is 0 Å². The van der Waals surface area contributed by atoms with Crippen molar-refractivity contribution in [2.75, 3.05) is 0 Å². The molecule has 0 amide bonds. The van der Waals surface area contributed by atoms with E-state index < -0.39 is 5.97 Å². The van der Waals surface area contributed by atoms with Crippen molar-refractivity contribution in [3.05, 3.63) is 107 Å². The van der Waals surface area contributed by atoms with Crippen molar-refractivity contribution >= 4 is 16.9 Å². The summed E-state index contributed by atoms with van der Waals surface area (Å²) in [6, 6.07) is 22.3. The zero-order chi connectivity index (χ0) is 21.1. The van der Waals surface area contributed by atoms with Crippen LogP contribution in [0.4, 0.5) is 4.39 Å². The van der Waals surface area contributed by atoms with Gasteiger partial charge in [-0.2, -0.15) is 0 Å². The summed E-state index contributed by atoms with van der Waals surface area (Å²) < 4.78 is 15.3. The van der Waals surface area contributed by atoms with Crippen LogP contribution in [0.5, 0.6) is 0 Å². The molecule has 0 spiro atoms. The molecule has 0 unspecified atom stereocenters. The van der Waals surface area contributed by atoms with Gasteiger partial charge in [-0.1, -0.05) is 54.6 Å². The topological polar surface area (TPSA) is 54.3 Å². The predicted octanol–water partition coefficient (Wildman–Crippen LogP) is 5.13. The van der Waals surface area contributed by atoms with Gasteiger partial charge in [0.25, 0.3) is 0 Å². The van der Waals surface area contributed by atoms with E-state index in [1.54, 1.807) is 6.07 Å². The number of carbonyl (C=O) groups is 1. The van der Waals surface area contributed by atoms with Gasteiger partial charge >= 0.3 is 5.97 Å². The number of hydrogen-bond donors (Lipinski definition) is 2. The number of hydrogen-bond acceptors (Lipinski definition) is 2. The van der Waals surface area contributed by atoms with E-state index in [9.17, 15) is 14.3 Å². The van der Waals surface area contributed by atoms with Crippen LogP contribution in [-0.2, 0) is 19.6 Å². The smallest absolute Gasteiger partial charge is 0.352 e. The van der Waals surface area contributed by atoms with Gasteiger partial charge in [-0.05, 0) is 41.8 Å². The minimum atomic E-state index is -0.956. The molecule has 0 bridgehead atoms. The third-order valence-electron chi connectivity index (χ3n) is 5.23. The molecule has 1 aromatic heterocycles. The van der Waals surface area contributed by atoms with Gasteiger partial charge in [0.05, 0.1) is 0 Å². The van der Waals surface area contributed by atoms with Gasteiger partial charge in [0.15, 0.2) is 0 Å². The second-order valence-electron chi connectivity index (χ2n) is 7.46. The maximum absolute atomic E-state index is 13.4. The molecule has 3 aromatic carbocycles. The van der Waals surface area contributed by atoms with Gasteiger partial charge in [-0.3, -0.25) is 0 Å². The van der Waals surface area contributed by atoms with E-state index in [0.29, 0.717) is 19.6 Å². The average Bonchev–Trinajstić information content (AvgIpc) is 3.02. The zero-order valence-electron chi connectivity index (χ0n) is 16.7. The minimum Gasteiger partial charge on any atom is -0.477 e. The van der Waals surface area contributed by atoms with Gasteiger partial charge in [-0.15, -0.1) is 0 Å². The highest BCUT2D eigenvalue weighted by Gasteiger charge is 2.22. The predicted molar refractivity (Wildman–Crippen MR) is 116 cm³/mol. The van der Waals surface area contributed by atoms with Gasteiger partial charge < -0.3 is 15.0 Å². The van der Waals surface area contributed by atoms with Crippen LogP contribution in [0.2, 0.25) is 0 Å². The summed E-state index contributed by atoms with van der Waals surface area (Å²) in [5, 5.41) is 14.2. The Balaban J connectivity index is 1.72. The molecule has 4 nitrogen and oxygen atoms in total. The summed E-state index contributed by atoms with van der Waals surface area (Å²) >= 11 is 0. The first-order chi connectivity index (χ1) is 14.5. The fourth-order valence-corrected chi connectivity index (χ4v) is 3.86. The fourth-order valence-electron chi connectivity index (χ4n) is 3.86. The van der Waals surface area contributed by atoms with Crippen molar-refractivity contribution in [3.63, 3.8) is 0 Å². The molecule has 0 aliphatic rings. The van der Waals surface area contributed by atoms with Crippen LogP contribution in [0.25, 0.3) is 10.9 Å². The number of nitrogens with zero attached hydrogens (tertiary/aromatic N) is 1. The Labute approximate surface area is 174 Å². The van der Waals surface area contributed by atoms with Crippen LogP contribution >= 0.6 is 0 Å². The lowest BCUT2D eigenvalue weighted by molar-refractivity contribution is 0.0684. The number of aryl methyl sites for hydroxylation is 1. The van der Waals surface area contributed by atoms with E-state index in [2.05, 4.69) is 5.32 Å². The number of aromatic nitrogens is 1. The number of carboxylic acid groups (broad SMARTS) is 1. The average molecular weight is 402 g/mol. The Bertz CT molecular complexity index is 1200. The van der Waals surface area contributed by atoms with Crippen molar-refractivity contribution in [1.29, 1.82) is 0 Å². The lowest BCUT2D eigenvalue weighted by atomic mass is 10.1. The SMILES string of the molecule is Cc1ccc2c(CNCc3cccc(F)c3)c(C(=O)O)n(Cc3ccccc3)c2c1. The number of nitrogens with one attached hydrogen (secondary N) is 1. The molecule has 5 heteroatoms. The first-order valence-electron chi connectivity index (χ1n) is 9.87. The molecule has 0 saturated carbocycles. The summed E-state index contributed by atoms with van der Waals surface area (Å²) in [6.45, 7) is 3.31. The fraction of sp³-hybridized carbons (Fsp3) is 0.160. The Hall–Kier alpha value is -3.44. The zero-order valence-corrected chi connectivity index (χ0v) is 16.7. The van der Waals surface area contributed by atoms with Crippen LogP contribution in [0, 0.1) is 12.7 Å². The van der Waals surface area contributed by atoms with Crippen molar-refractivity contribution < 1.29 is 14.3 Å². The van der Waals surface area contributed by atoms with Crippen molar-refractivity contribution in [2.45, 2.75) is 26.6 Å². The lowest BCUT2D eigenvalue weighted by Gasteiger charge is -2.10. The van der Waals surface area contributed by atoms with Crippen LogP contribution in [0.15, 0.2) is 72.8 Å². The van der Waals surface area contributed by atoms with Crippen LogP contribution < -0.4 is 5.32 Å². The largest absolute Gasteiger partial charge is 0.477 e. The van der Waals surface area contributed by atoms with Crippen LogP contribution in [0.1, 0.15) is 32.7 Å². The van der Waals surface area contributed by atoms with E-state index in [1.807, 2.05) is 66.1 Å². The number of aromatic carboxylic acids is 1. The third-order valence-corrected chi connectivity index (χ3v) is 5.23.